The van der Waals surface area contributed by atoms with Gasteiger partial charge in [0.05, 0.1) is 12.5 Å². The molecule has 25 heavy (non-hydrogen) atoms. The monoisotopic (exact) mass is 340 g/mol. The van der Waals surface area contributed by atoms with Crippen molar-refractivity contribution in [1.82, 2.24) is 10.2 Å². The topological polar surface area (TPSA) is 102 Å². The minimum Gasteiger partial charge on any atom is -0.325 e. The van der Waals surface area contributed by atoms with Crippen molar-refractivity contribution in [2.45, 2.75) is 44.1 Å². The Balaban J connectivity index is 1.61. The molecular formula is C18H20N4O3. The molecule has 1 aromatic carbocycles. The third-order valence-electron chi connectivity index (χ3n) is 4.78. The standard InChI is InChI=1S/C18H20N4O3/c19-11-8-13-4-6-14(7-5-13)20-15(23)12-22-16(24)18(21-17(22)25)9-2-1-3-10-18/h4-7H,1-3,8-10,12H2,(H,20,23)(H,21,25). The lowest BCUT2D eigenvalue weighted by Gasteiger charge is -2.30. The van der Waals surface area contributed by atoms with Gasteiger partial charge in [0.15, 0.2) is 0 Å². The molecule has 4 amide bonds. The Bertz CT molecular complexity index is 730. The molecule has 1 saturated carbocycles. The number of nitriles is 1. The molecule has 2 aliphatic rings. The van der Waals surface area contributed by atoms with Crippen LogP contribution in [0.1, 0.15) is 37.7 Å². The first kappa shape index (κ1) is 17.0. The van der Waals surface area contributed by atoms with Crippen molar-refractivity contribution in [1.29, 1.82) is 5.26 Å². The molecule has 1 aliphatic heterocycles. The summed E-state index contributed by atoms with van der Waals surface area (Å²) in [6.45, 7) is -0.299. The predicted molar refractivity (Wildman–Crippen MR) is 90.4 cm³/mol. The second-order valence-electron chi connectivity index (χ2n) is 6.54. The molecule has 1 heterocycles. The van der Waals surface area contributed by atoms with Gasteiger partial charge >= 0.3 is 6.03 Å². The Morgan fingerprint density at radius 3 is 2.52 bits per heavy atom. The van der Waals surface area contributed by atoms with E-state index >= 15 is 0 Å². The third-order valence-corrected chi connectivity index (χ3v) is 4.78. The van der Waals surface area contributed by atoms with Crippen LogP contribution in [0.4, 0.5) is 10.5 Å². The second kappa shape index (κ2) is 6.93. The third kappa shape index (κ3) is 3.48. The lowest BCUT2D eigenvalue weighted by atomic mass is 9.82. The number of carbonyl (C=O) groups excluding carboxylic acids is 3. The van der Waals surface area contributed by atoms with Gasteiger partial charge in [0.25, 0.3) is 5.91 Å². The van der Waals surface area contributed by atoms with Crippen LogP contribution in [0.15, 0.2) is 24.3 Å². The highest BCUT2D eigenvalue weighted by Crippen LogP contribution is 2.33. The molecule has 3 rings (SSSR count). The lowest BCUT2D eigenvalue weighted by molar-refractivity contribution is -0.134. The van der Waals surface area contributed by atoms with Gasteiger partial charge in [-0.15, -0.1) is 0 Å². The molecule has 2 N–H and O–H groups in total. The number of nitrogens with zero attached hydrogens (tertiary/aromatic N) is 2. The van der Waals surface area contributed by atoms with Crippen molar-refractivity contribution < 1.29 is 14.4 Å². The van der Waals surface area contributed by atoms with Crippen LogP contribution in [-0.4, -0.2) is 34.8 Å². The van der Waals surface area contributed by atoms with Crippen LogP contribution in [0.25, 0.3) is 0 Å². The summed E-state index contributed by atoms with van der Waals surface area (Å²) in [6, 6.07) is 8.45. The number of carbonyl (C=O) groups is 3. The number of amides is 4. The van der Waals surface area contributed by atoms with E-state index in [1.807, 2.05) is 0 Å². The molecule has 1 aromatic rings. The van der Waals surface area contributed by atoms with Crippen LogP contribution in [0, 0.1) is 11.3 Å². The van der Waals surface area contributed by atoms with Gasteiger partial charge in [0.2, 0.25) is 5.91 Å². The van der Waals surface area contributed by atoms with Crippen LogP contribution < -0.4 is 10.6 Å². The summed E-state index contributed by atoms with van der Waals surface area (Å²) in [7, 11) is 0. The molecule has 7 heteroatoms. The maximum absolute atomic E-state index is 12.6. The molecule has 1 saturated heterocycles. The highest BCUT2D eigenvalue weighted by atomic mass is 16.2. The van der Waals surface area contributed by atoms with Crippen molar-refractivity contribution in [3.63, 3.8) is 0 Å². The van der Waals surface area contributed by atoms with Gasteiger partial charge in [-0.2, -0.15) is 5.26 Å². The molecule has 1 aliphatic carbocycles. The van der Waals surface area contributed by atoms with E-state index in [9.17, 15) is 14.4 Å². The largest absolute Gasteiger partial charge is 0.325 e. The first-order valence-electron chi connectivity index (χ1n) is 8.44. The summed E-state index contributed by atoms with van der Waals surface area (Å²) < 4.78 is 0. The fraction of sp³-hybridized carbons (Fsp3) is 0.444. The van der Waals surface area contributed by atoms with Crippen LogP contribution in [-0.2, 0) is 16.0 Å². The number of benzene rings is 1. The summed E-state index contributed by atoms with van der Waals surface area (Å²) in [4.78, 5) is 38.0. The lowest BCUT2D eigenvalue weighted by Crippen LogP contribution is -2.48. The fourth-order valence-corrected chi connectivity index (χ4v) is 3.46. The number of rotatable bonds is 4. The van der Waals surface area contributed by atoms with E-state index < -0.39 is 17.5 Å². The molecule has 0 bridgehead atoms. The van der Waals surface area contributed by atoms with Crippen molar-refractivity contribution in [2.75, 3.05) is 11.9 Å². The second-order valence-corrected chi connectivity index (χ2v) is 6.54. The van der Waals surface area contributed by atoms with E-state index in [-0.39, 0.29) is 12.5 Å². The van der Waals surface area contributed by atoms with Gasteiger partial charge in [0, 0.05) is 5.69 Å². The molecule has 7 nitrogen and oxygen atoms in total. The number of imide groups is 1. The Morgan fingerprint density at radius 1 is 1.20 bits per heavy atom. The van der Waals surface area contributed by atoms with Gasteiger partial charge in [-0.25, -0.2) is 4.79 Å². The highest BCUT2D eigenvalue weighted by Gasteiger charge is 2.51. The van der Waals surface area contributed by atoms with Crippen molar-refractivity contribution >= 4 is 23.5 Å². The first-order chi connectivity index (χ1) is 12.0. The van der Waals surface area contributed by atoms with E-state index in [2.05, 4.69) is 16.7 Å². The first-order valence-corrected chi connectivity index (χ1v) is 8.44. The SMILES string of the molecule is N#CCc1ccc(NC(=O)CN2C(=O)NC3(CCCCC3)C2=O)cc1. The van der Waals surface area contributed by atoms with Crippen LogP contribution in [0.5, 0.6) is 0 Å². The quantitative estimate of drug-likeness (QED) is 0.818. The minimum absolute atomic E-state index is 0.295. The van der Waals surface area contributed by atoms with Crippen molar-refractivity contribution in [2.24, 2.45) is 0 Å². The Kier molecular flexibility index (Phi) is 4.70. The summed E-state index contributed by atoms with van der Waals surface area (Å²) in [5.74, 6) is -0.721. The van der Waals surface area contributed by atoms with E-state index in [1.165, 1.54) is 0 Å². The summed E-state index contributed by atoms with van der Waals surface area (Å²) in [6.07, 6.45) is 4.44. The number of hydrogen-bond donors (Lipinski definition) is 2. The molecule has 130 valence electrons. The molecule has 0 atom stereocenters. The molecule has 0 radical (unpaired) electrons. The van der Waals surface area contributed by atoms with E-state index in [0.717, 1.165) is 29.7 Å². The number of anilines is 1. The summed E-state index contributed by atoms with van der Waals surface area (Å²) in [5, 5.41) is 14.1. The van der Waals surface area contributed by atoms with Crippen LogP contribution >= 0.6 is 0 Å². The Morgan fingerprint density at radius 2 is 1.88 bits per heavy atom. The minimum atomic E-state index is -0.811. The van der Waals surface area contributed by atoms with Gasteiger partial charge in [-0.05, 0) is 30.5 Å². The maximum atomic E-state index is 12.6. The maximum Gasteiger partial charge on any atom is 0.325 e. The van der Waals surface area contributed by atoms with Gasteiger partial charge in [-0.1, -0.05) is 31.4 Å². The zero-order valence-corrected chi connectivity index (χ0v) is 13.9. The van der Waals surface area contributed by atoms with Gasteiger partial charge < -0.3 is 10.6 Å². The Hall–Kier alpha value is -2.88. The predicted octanol–water partition coefficient (Wildman–Crippen LogP) is 1.95. The Labute approximate surface area is 146 Å². The van der Waals surface area contributed by atoms with E-state index in [1.54, 1.807) is 24.3 Å². The average molecular weight is 340 g/mol. The van der Waals surface area contributed by atoms with Crippen molar-refractivity contribution in [3.8, 4) is 6.07 Å². The number of nitrogens with one attached hydrogen (secondary N) is 2. The van der Waals surface area contributed by atoms with Crippen LogP contribution in [0.3, 0.4) is 0 Å². The van der Waals surface area contributed by atoms with Crippen LogP contribution in [0.2, 0.25) is 0 Å². The summed E-state index contributed by atoms with van der Waals surface area (Å²) in [5.41, 5.74) is 0.606. The van der Waals surface area contributed by atoms with Gasteiger partial charge in [0.1, 0.15) is 12.1 Å². The normalized spacial score (nSPS) is 18.8. The molecular weight excluding hydrogens is 320 g/mol. The van der Waals surface area contributed by atoms with Crippen molar-refractivity contribution in [3.05, 3.63) is 29.8 Å². The van der Waals surface area contributed by atoms with Gasteiger partial charge in [-0.3, -0.25) is 14.5 Å². The zero-order valence-electron chi connectivity index (χ0n) is 13.9. The molecule has 0 unspecified atom stereocenters. The number of hydrogen-bond acceptors (Lipinski definition) is 4. The van der Waals surface area contributed by atoms with E-state index in [4.69, 9.17) is 5.26 Å². The average Bonchev–Trinajstić information content (AvgIpc) is 2.82. The highest BCUT2D eigenvalue weighted by molar-refractivity contribution is 6.10. The summed E-state index contributed by atoms with van der Waals surface area (Å²) >= 11 is 0. The zero-order chi connectivity index (χ0) is 17.9. The van der Waals surface area contributed by atoms with E-state index in [0.29, 0.717) is 24.9 Å². The molecule has 1 spiro atoms. The smallest absolute Gasteiger partial charge is 0.325 e. The fourth-order valence-electron chi connectivity index (χ4n) is 3.46. The molecule has 2 fully saturated rings. The molecule has 0 aromatic heterocycles. The number of urea groups is 1.